The molecule has 3 aromatic rings. The molecule has 0 N–H and O–H groups in total. The summed E-state index contributed by atoms with van der Waals surface area (Å²) in [7, 11) is 0. The van der Waals surface area contributed by atoms with Crippen LogP contribution in [0.1, 0.15) is 0 Å². The van der Waals surface area contributed by atoms with E-state index in [1.807, 2.05) is 24.3 Å². The number of hydrogen-bond donors (Lipinski definition) is 0. The van der Waals surface area contributed by atoms with E-state index < -0.39 is 0 Å². The molecule has 0 fully saturated rings. The Kier molecular flexibility index (Phi) is 2.38. The third-order valence-electron chi connectivity index (χ3n) is 3.38. The topological polar surface area (TPSA) is 9.23 Å². The Morgan fingerprint density at radius 2 is 1.74 bits per heavy atom. The summed E-state index contributed by atoms with van der Waals surface area (Å²) in [6.45, 7) is 0. The van der Waals surface area contributed by atoms with Gasteiger partial charge in [-0.1, -0.05) is 57.9 Å². The molecule has 0 saturated heterocycles. The fourth-order valence-corrected chi connectivity index (χ4v) is 3.44. The van der Waals surface area contributed by atoms with Gasteiger partial charge in [0.1, 0.15) is 5.75 Å². The molecule has 92 valence electrons. The molecule has 3 aromatic carbocycles. The second-order valence-electron chi connectivity index (χ2n) is 4.53. The minimum atomic E-state index is 0.621. The molecule has 1 aliphatic rings. The van der Waals surface area contributed by atoms with Crippen molar-refractivity contribution in [2.75, 3.05) is 0 Å². The highest BCUT2D eigenvalue weighted by Crippen LogP contribution is 2.49. The van der Waals surface area contributed by atoms with Gasteiger partial charge in [-0.15, -0.1) is 0 Å². The van der Waals surface area contributed by atoms with Gasteiger partial charge in [-0.25, -0.2) is 0 Å². The normalized spacial score (nSPS) is 12.1. The van der Waals surface area contributed by atoms with Crippen LogP contribution in [0.3, 0.4) is 0 Å². The minimum absolute atomic E-state index is 0.621. The third-order valence-corrected chi connectivity index (χ3v) is 4.12. The number of benzene rings is 3. The Balaban J connectivity index is 2.19. The molecule has 0 atom stereocenters. The zero-order valence-electron chi connectivity index (χ0n) is 9.78. The molecule has 0 radical (unpaired) electrons. The van der Waals surface area contributed by atoms with Crippen molar-refractivity contribution in [2.45, 2.75) is 0 Å². The third kappa shape index (κ3) is 1.60. The van der Waals surface area contributed by atoms with Gasteiger partial charge in [0, 0.05) is 15.4 Å². The van der Waals surface area contributed by atoms with Gasteiger partial charge in [0.15, 0.2) is 5.75 Å². The minimum Gasteiger partial charge on any atom is -0.454 e. The highest BCUT2D eigenvalue weighted by Gasteiger charge is 2.22. The van der Waals surface area contributed by atoms with Crippen molar-refractivity contribution in [3.05, 3.63) is 58.0 Å². The van der Waals surface area contributed by atoms with Gasteiger partial charge < -0.3 is 4.74 Å². The van der Waals surface area contributed by atoms with Crippen LogP contribution in [0.15, 0.2) is 53.0 Å². The van der Waals surface area contributed by atoms with Crippen molar-refractivity contribution in [1.82, 2.24) is 0 Å². The predicted molar refractivity (Wildman–Crippen MR) is 82.2 cm³/mol. The second-order valence-corrected chi connectivity index (χ2v) is 5.85. The monoisotopic (exact) mass is 330 g/mol. The standard InChI is InChI=1S/C16H8BrClO/c17-10-7-12-11-5-1-3-9-4-2-6-14(15(9)11)19-16(12)13(18)8-10/h1-8H. The quantitative estimate of drug-likeness (QED) is 0.382. The van der Waals surface area contributed by atoms with Crippen LogP contribution in [0.2, 0.25) is 5.02 Å². The summed E-state index contributed by atoms with van der Waals surface area (Å²) in [5, 5.41) is 2.94. The zero-order chi connectivity index (χ0) is 13.0. The summed E-state index contributed by atoms with van der Waals surface area (Å²) in [6, 6.07) is 16.2. The largest absolute Gasteiger partial charge is 0.454 e. The van der Waals surface area contributed by atoms with E-state index in [1.54, 1.807) is 0 Å². The maximum atomic E-state index is 6.29. The SMILES string of the molecule is Clc1cc(Br)cc2c1Oc1cccc3cccc-2c13. The summed E-state index contributed by atoms with van der Waals surface area (Å²) < 4.78 is 6.94. The molecule has 0 aliphatic carbocycles. The number of ether oxygens (including phenoxy) is 1. The average Bonchev–Trinajstić information content (AvgIpc) is 2.41. The molecule has 1 heterocycles. The van der Waals surface area contributed by atoms with Crippen molar-refractivity contribution in [2.24, 2.45) is 0 Å². The maximum absolute atomic E-state index is 6.29. The van der Waals surface area contributed by atoms with Crippen LogP contribution in [0.5, 0.6) is 11.5 Å². The number of fused-ring (bicyclic) bond motifs is 2. The van der Waals surface area contributed by atoms with E-state index in [0.29, 0.717) is 5.02 Å². The lowest BCUT2D eigenvalue weighted by Crippen LogP contribution is -1.97. The Labute approximate surface area is 123 Å². The molecule has 1 aliphatic heterocycles. The van der Waals surface area contributed by atoms with Crippen molar-refractivity contribution >= 4 is 38.3 Å². The summed E-state index contributed by atoms with van der Waals surface area (Å²) in [6.07, 6.45) is 0. The molecule has 3 heteroatoms. The van der Waals surface area contributed by atoms with Crippen LogP contribution in [0.25, 0.3) is 21.9 Å². The molecule has 1 nitrogen and oxygen atoms in total. The zero-order valence-corrected chi connectivity index (χ0v) is 12.1. The lowest BCUT2D eigenvalue weighted by molar-refractivity contribution is 0.487. The number of halogens is 2. The van der Waals surface area contributed by atoms with E-state index in [1.165, 1.54) is 5.39 Å². The van der Waals surface area contributed by atoms with E-state index in [4.69, 9.17) is 16.3 Å². The lowest BCUT2D eigenvalue weighted by atomic mass is 9.95. The van der Waals surface area contributed by atoms with E-state index >= 15 is 0 Å². The molecular weight excluding hydrogens is 324 g/mol. The molecule has 0 spiro atoms. The molecule has 0 amide bonds. The van der Waals surface area contributed by atoms with E-state index in [2.05, 4.69) is 40.2 Å². The first kappa shape index (κ1) is 11.3. The van der Waals surface area contributed by atoms with Crippen molar-refractivity contribution in [3.8, 4) is 22.6 Å². The smallest absolute Gasteiger partial charge is 0.153 e. The van der Waals surface area contributed by atoms with Gasteiger partial charge in [0.2, 0.25) is 0 Å². The maximum Gasteiger partial charge on any atom is 0.153 e. The Bertz CT molecular complexity index is 821. The van der Waals surface area contributed by atoms with Crippen LogP contribution in [-0.2, 0) is 0 Å². The summed E-state index contributed by atoms with van der Waals surface area (Å²) >= 11 is 9.78. The first-order valence-electron chi connectivity index (χ1n) is 5.93. The summed E-state index contributed by atoms with van der Waals surface area (Å²) in [4.78, 5) is 0. The van der Waals surface area contributed by atoms with E-state index in [-0.39, 0.29) is 0 Å². The van der Waals surface area contributed by atoms with Crippen LogP contribution in [-0.4, -0.2) is 0 Å². The van der Waals surface area contributed by atoms with Crippen molar-refractivity contribution < 1.29 is 4.74 Å². The molecule has 0 bridgehead atoms. The first-order chi connectivity index (χ1) is 9.24. The van der Waals surface area contributed by atoms with Gasteiger partial charge >= 0.3 is 0 Å². The van der Waals surface area contributed by atoms with Gasteiger partial charge in [-0.3, -0.25) is 0 Å². The van der Waals surface area contributed by atoms with Crippen molar-refractivity contribution in [3.63, 3.8) is 0 Å². The highest BCUT2D eigenvalue weighted by atomic mass is 79.9. The fourth-order valence-electron chi connectivity index (χ4n) is 2.59. The van der Waals surface area contributed by atoms with Crippen LogP contribution < -0.4 is 4.74 Å². The lowest BCUT2D eigenvalue weighted by Gasteiger charge is -2.22. The number of rotatable bonds is 0. The van der Waals surface area contributed by atoms with Gasteiger partial charge in [0.05, 0.1) is 5.02 Å². The summed E-state index contributed by atoms with van der Waals surface area (Å²) in [5.74, 6) is 1.60. The molecule has 0 aromatic heterocycles. The number of hydrogen-bond acceptors (Lipinski definition) is 1. The van der Waals surface area contributed by atoms with E-state index in [9.17, 15) is 0 Å². The molecule has 19 heavy (non-hydrogen) atoms. The van der Waals surface area contributed by atoms with Crippen LogP contribution in [0, 0.1) is 0 Å². The molecular formula is C16H8BrClO. The predicted octanol–water partition coefficient (Wildman–Crippen LogP) is 6.03. The van der Waals surface area contributed by atoms with Gasteiger partial charge in [0.25, 0.3) is 0 Å². The second kappa shape index (κ2) is 3.99. The van der Waals surface area contributed by atoms with Crippen LogP contribution in [0.4, 0.5) is 0 Å². The Hall–Kier alpha value is -1.51. The van der Waals surface area contributed by atoms with Crippen molar-refractivity contribution in [1.29, 1.82) is 0 Å². The summed E-state index contributed by atoms with van der Waals surface area (Å²) in [5.41, 5.74) is 2.20. The fraction of sp³-hybridized carbons (Fsp3) is 0. The first-order valence-corrected chi connectivity index (χ1v) is 7.10. The van der Waals surface area contributed by atoms with Gasteiger partial charge in [-0.2, -0.15) is 0 Å². The highest BCUT2D eigenvalue weighted by molar-refractivity contribution is 9.10. The molecule has 0 saturated carbocycles. The van der Waals surface area contributed by atoms with Crippen LogP contribution >= 0.6 is 27.5 Å². The average molecular weight is 332 g/mol. The van der Waals surface area contributed by atoms with Gasteiger partial charge in [-0.05, 0) is 29.1 Å². The molecule has 4 rings (SSSR count). The molecule has 0 unspecified atom stereocenters. The Morgan fingerprint density at radius 1 is 0.947 bits per heavy atom. The Morgan fingerprint density at radius 3 is 2.58 bits per heavy atom. The van der Waals surface area contributed by atoms with E-state index in [0.717, 1.165) is 32.5 Å².